The van der Waals surface area contributed by atoms with Crippen molar-refractivity contribution < 1.29 is 4.74 Å². The molecule has 0 saturated carbocycles. The van der Waals surface area contributed by atoms with Gasteiger partial charge < -0.3 is 15.4 Å². The van der Waals surface area contributed by atoms with Gasteiger partial charge in [0.15, 0.2) is 0 Å². The molecule has 1 aliphatic heterocycles. The Kier molecular flexibility index (Phi) is 3.97. The monoisotopic (exact) mass is 250 g/mol. The van der Waals surface area contributed by atoms with Crippen molar-refractivity contribution in [1.82, 2.24) is 4.90 Å². The Bertz CT molecular complexity index is 383. The molecule has 2 rings (SSSR count). The van der Waals surface area contributed by atoms with Gasteiger partial charge in [0.2, 0.25) is 0 Å². The SMILES string of the molecule is CN(CCC(N)=S)CC1Cc2ccccc2O1. The Morgan fingerprint density at radius 2 is 2.29 bits per heavy atom. The zero-order valence-corrected chi connectivity index (χ0v) is 10.9. The molecule has 0 aromatic heterocycles. The van der Waals surface area contributed by atoms with Crippen molar-refractivity contribution >= 4 is 17.2 Å². The fourth-order valence-electron chi connectivity index (χ4n) is 2.10. The van der Waals surface area contributed by atoms with Gasteiger partial charge in [0.25, 0.3) is 0 Å². The van der Waals surface area contributed by atoms with Crippen molar-refractivity contribution in [3.63, 3.8) is 0 Å². The molecule has 4 heteroatoms. The van der Waals surface area contributed by atoms with Gasteiger partial charge in [-0.05, 0) is 18.7 Å². The predicted octanol–water partition coefficient (Wildman–Crippen LogP) is 1.60. The largest absolute Gasteiger partial charge is 0.488 e. The Hall–Kier alpha value is -1.13. The summed E-state index contributed by atoms with van der Waals surface area (Å²) < 4.78 is 5.88. The normalized spacial score (nSPS) is 17.9. The molecule has 0 amide bonds. The molecule has 1 aliphatic rings. The van der Waals surface area contributed by atoms with Crippen LogP contribution in [-0.4, -0.2) is 36.1 Å². The maximum atomic E-state index is 5.88. The molecule has 0 aliphatic carbocycles. The van der Waals surface area contributed by atoms with E-state index in [2.05, 4.69) is 24.1 Å². The second-order valence-electron chi connectivity index (χ2n) is 4.53. The van der Waals surface area contributed by atoms with Crippen LogP contribution in [0.3, 0.4) is 0 Å². The Labute approximate surface area is 108 Å². The first-order chi connectivity index (χ1) is 8.15. The zero-order valence-electron chi connectivity index (χ0n) is 10.1. The van der Waals surface area contributed by atoms with Crippen LogP contribution in [0.4, 0.5) is 0 Å². The highest BCUT2D eigenvalue weighted by molar-refractivity contribution is 7.80. The number of para-hydroxylation sites is 1. The minimum atomic E-state index is 0.253. The molecule has 0 fully saturated rings. The lowest BCUT2D eigenvalue weighted by Gasteiger charge is -2.20. The average Bonchev–Trinajstić information content (AvgIpc) is 2.68. The molecule has 1 aromatic carbocycles. The molecule has 1 unspecified atom stereocenters. The number of nitrogens with two attached hydrogens (primary N) is 1. The third-order valence-corrected chi connectivity index (χ3v) is 3.17. The van der Waals surface area contributed by atoms with Gasteiger partial charge in [-0.2, -0.15) is 0 Å². The summed E-state index contributed by atoms with van der Waals surface area (Å²) in [6, 6.07) is 8.23. The van der Waals surface area contributed by atoms with Gasteiger partial charge in [-0.3, -0.25) is 0 Å². The summed E-state index contributed by atoms with van der Waals surface area (Å²) in [7, 11) is 2.07. The number of fused-ring (bicyclic) bond motifs is 1. The third kappa shape index (κ3) is 3.41. The highest BCUT2D eigenvalue weighted by Crippen LogP contribution is 2.28. The summed E-state index contributed by atoms with van der Waals surface area (Å²) in [5, 5.41) is 0. The molecule has 0 radical (unpaired) electrons. The van der Waals surface area contributed by atoms with Crippen LogP contribution < -0.4 is 10.5 Å². The first-order valence-electron chi connectivity index (χ1n) is 5.86. The summed E-state index contributed by atoms with van der Waals surface area (Å²) in [5.41, 5.74) is 6.80. The van der Waals surface area contributed by atoms with E-state index in [1.807, 2.05) is 12.1 Å². The molecule has 0 spiro atoms. The van der Waals surface area contributed by atoms with Crippen LogP contribution in [0.15, 0.2) is 24.3 Å². The molecule has 3 nitrogen and oxygen atoms in total. The fourth-order valence-corrected chi connectivity index (χ4v) is 2.19. The van der Waals surface area contributed by atoms with Crippen LogP contribution in [0.5, 0.6) is 5.75 Å². The maximum Gasteiger partial charge on any atom is 0.123 e. The van der Waals surface area contributed by atoms with E-state index in [1.54, 1.807) is 0 Å². The highest BCUT2D eigenvalue weighted by Gasteiger charge is 2.23. The van der Waals surface area contributed by atoms with Crippen LogP contribution in [0, 0.1) is 0 Å². The summed E-state index contributed by atoms with van der Waals surface area (Å²) >= 11 is 4.87. The van der Waals surface area contributed by atoms with E-state index >= 15 is 0 Å². The van der Waals surface area contributed by atoms with Crippen LogP contribution >= 0.6 is 12.2 Å². The molecule has 1 atom stereocenters. The molecular formula is C13H18N2OS. The second kappa shape index (κ2) is 5.47. The van der Waals surface area contributed by atoms with E-state index in [9.17, 15) is 0 Å². The topological polar surface area (TPSA) is 38.5 Å². The van der Waals surface area contributed by atoms with Crippen molar-refractivity contribution in [2.75, 3.05) is 20.1 Å². The Morgan fingerprint density at radius 3 is 3.00 bits per heavy atom. The smallest absolute Gasteiger partial charge is 0.123 e. The molecule has 0 saturated heterocycles. The van der Waals surface area contributed by atoms with Gasteiger partial charge in [0, 0.05) is 25.9 Å². The van der Waals surface area contributed by atoms with Gasteiger partial charge in [0.1, 0.15) is 11.9 Å². The van der Waals surface area contributed by atoms with E-state index in [4.69, 9.17) is 22.7 Å². The molecule has 1 aromatic rings. The number of rotatable bonds is 5. The number of thiocarbonyl (C=S) groups is 1. The lowest BCUT2D eigenvalue weighted by atomic mass is 10.1. The van der Waals surface area contributed by atoms with Gasteiger partial charge in [-0.1, -0.05) is 30.4 Å². The second-order valence-corrected chi connectivity index (χ2v) is 5.05. The molecular weight excluding hydrogens is 232 g/mol. The van der Waals surface area contributed by atoms with Crippen LogP contribution in [0.25, 0.3) is 0 Å². The van der Waals surface area contributed by atoms with Crippen molar-refractivity contribution in [3.05, 3.63) is 29.8 Å². The average molecular weight is 250 g/mol. The zero-order chi connectivity index (χ0) is 12.3. The van der Waals surface area contributed by atoms with Gasteiger partial charge in [-0.25, -0.2) is 0 Å². The first kappa shape index (κ1) is 12.3. The van der Waals surface area contributed by atoms with Crippen molar-refractivity contribution in [1.29, 1.82) is 0 Å². The standard InChI is InChI=1S/C13H18N2OS/c1-15(7-6-13(14)17)9-11-8-10-4-2-3-5-12(10)16-11/h2-5,11H,6-9H2,1H3,(H2,14,17). The molecule has 2 N–H and O–H groups in total. The van der Waals surface area contributed by atoms with Gasteiger partial charge in [0.05, 0.1) is 4.99 Å². The van der Waals surface area contributed by atoms with Crippen LogP contribution in [0.2, 0.25) is 0 Å². The number of ether oxygens (including phenoxy) is 1. The van der Waals surface area contributed by atoms with Gasteiger partial charge in [-0.15, -0.1) is 0 Å². The number of hydrogen-bond donors (Lipinski definition) is 1. The minimum absolute atomic E-state index is 0.253. The van der Waals surface area contributed by atoms with Crippen molar-refractivity contribution in [2.24, 2.45) is 5.73 Å². The van der Waals surface area contributed by atoms with E-state index in [1.165, 1.54) is 5.56 Å². The summed E-state index contributed by atoms with van der Waals surface area (Å²) in [6.07, 6.45) is 2.02. The number of hydrogen-bond acceptors (Lipinski definition) is 3. The highest BCUT2D eigenvalue weighted by atomic mass is 32.1. The number of likely N-dealkylation sites (N-methyl/N-ethyl adjacent to an activating group) is 1. The summed E-state index contributed by atoms with van der Waals surface area (Å²) in [5.74, 6) is 1.03. The summed E-state index contributed by atoms with van der Waals surface area (Å²) in [4.78, 5) is 2.79. The predicted molar refractivity (Wildman–Crippen MR) is 73.5 cm³/mol. The lowest BCUT2D eigenvalue weighted by molar-refractivity contribution is 0.171. The van der Waals surface area contributed by atoms with Crippen LogP contribution in [0.1, 0.15) is 12.0 Å². The minimum Gasteiger partial charge on any atom is -0.488 e. The van der Waals surface area contributed by atoms with E-state index < -0.39 is 0 Å². The van der Waals surface area contributed by atoms with E-state index in [-0.39, 0.29) is 6.10 Å². The van der Waals surface area contributed by atoms with E-state index in [0.717, 1.165) is 31.7 Å². The maximum absolute atomic E-state index is 5.88. The van der Waals surface area contributed by atoms with Crippen molar-refractivity contribution in [3.8, 4) is 5.75 Å². The Morgan fingerprint density at radius 1 is 1.53 bits per heavy atom. The number of nitrogens with zero attached hydrogens (tertiary/aromatic N) is 1. The Balaban J connectivity index is 1.81. The molecule has 17 heavy (non-hydrogen) atoms. The van der Waals surface area contributed by atoms with E-state index in [0.29, 0.717) is 4.99 Å². The first-order valence-corrected chi connectivity index (χ1v) is 6.27. The van der Waals surface area contributed by atoms with Crippen LogP contribution in [-0.2, 0) is 6.42 Å². The summed E-state index contributed by atoms with van der Waals surface area (Å²) in [6.45, 7) is 1.81. The quantitative estimate of drug-likeness (QED) is 0.806. The molecule has 0 bridgehead atoms. The van der Waals surface area contributed by atoms with Crippen molar-refractivity contribution in [2.45, 2.75) is 18.9 Å². The van der Waals surface area contributed by atoms with Gasteiger partial charge >= 0.3 is 0 Å². The third-order valence-electron chi connectivity index (χ3n) is 2.97. The number of benzene rings is 1. The molecule has 1 heterocycles. The lowest BCUT2D eigenvalue weighted by Crippen LogP contribution is -2.33. The molecule has 92 valence electrons. The fraction of sp³-hybridized carbons (Fsp3) is 0.462.